The summed E-state index contributed by atoms with van der Waals surface area (Å²) in [6.45, 7) is 3.80. The molecule has 0 fully saturated rings. The van der Waals surface area contributed by atoms with Crippen molar-refractivity contribution in [2.75, 3.05) is 6.61 Å². The van der Waals surface area contributed by atoms with E-state index in [0.717, 1.165) is 27.8 Å². The summed E-state index contributed by atoms with van der Waals surface area (Å²) in [5.41, 5.74) is 5.40. The third-order valence-corrected chi connectivity index (χ3v) is 6.78. The molecule has 0 saturated carbocycles. The van der Waals surface area contributed by atoms with Crippen LogP contribution in [0, 0.1) is 5.92 Å². The van der Waals surface area contributed by atoms with Gasteiger partial charge in [-0.05, 0) is 33.7 Å². The SMILES string of the molecule is CC(C)C(NC(=O)OCC1c2ccccc2-c2ccccc21)C(=O)N[C@@H](Cc1ccccc1)C(=O)S. The van der Waals surface area contributed by atoms with Crippen molar-refractivity contribution in [2.24, 2.45) is 5.92 Å². The van der Waals surface area contributed by atoms with Crippen LogP contribution in [0.25, 0.3) is 11.1 Å². The minimum absolute atomic E-state index is 0.0773. The average molecular weight is 503 g/mol. The van der Waals surface area contributed by atoms with Gasteiger partial charge in [-0.2, -0.15) is 0 Å². The van der Waals surface area contributed by atoms with Gasteiger partial charge in [0, 0.05) is 12.3 Å². The lowest BCUT2D eigenvalue weighted by atomic mass is 9.98. The molecule has 0 heterocycles. The predicted molar refractivity (Wildman–Crippen MR) is 143 cm³/mol. The first kappa shape index (κ1) is 25.5. The number of hydrogen-bond donors (Lipinski definition) is 3. The van der Waals surface area contributed by atoms with E-state index in [1.807, 2.05) is 80.6 Å². The molecule has 2 amide bonds. The zero-order chi connectivity index (χ0) is 25.7. The molecule has 3 aromatic rings. The monoisotopic (exact) mass is 502 g/mol. The molecular weight excluding hydrogens is 472 g/mol. The quantitative estimate of drug-likeness (QED) is 0.369. The molecule has 6 nitrogen and oxygen atoms in total. The molecule has 1 unspecified atom stereocenters. The fourth-order valence-electron chi connectivity index (χ4n) is 4.61. The van der Waals surface area contributed by atoms with Gasteiger partial charge < -0.3 is 15.4 Å². The van der Waals surface area contributed by atoms with Crippen LogP contribution in [0.1, 0.15) is 36.5 Å². The summed E-state index contributed by atoms with van der Waals surface area (Å²) in [6.07, 6.45) is -0.368. The van der Waals surface area contributed by atoms with Crippen molar-refractivity contribution in [1.82, 2.24) is 10.6 Å². The number of benzene rings is 3. The Kier molecular flexibility index (Phi) is 8.10. The summed E-state index contributed by atoms with van der Waals surface area (Å²) >= 11 is 3.95. The van der Waals surface area contributed by atoms with E-state index in [4.69, 9.17) is 4.74 Å². The number of carbonyl (C=O) groups is 3. The van der Waals surface area contributed by atoms with Crippen molar-refractivity contribution in [3.05, 3.63) is 95.6 Å². The lowest BCUT2D eigenvalue weighted by Gasteiger charge is -2.24. The molecule has 3 aromatic carbocycles. The Hall–Kier alpha value is -3.58. The molecule has 2 N–H and O–H groups in total. The van der Waals surface area contributed by atoms with E-state index in [9.17, 15) is 14.4 Å². The number of thiol groups is 1. The molecule has 0 spiro atoms. The number of amides is 2. The van der Waals surface area contributed by atoms with Crippen molar-refractivity contribution in [3.63, 3.8) is 0 Å². The number of carbonyl (C=O) groups excluding carboxylic acids is 3. The molecule has 2 atom stereocenters. The van der Waals surface area contributed by atoms with E-state index in [2.05, 4.69) is 35.4 Å². The Morgan fingerprint density at radius 1 is 0.833 bits per heavy atom. The van der Waals surface area contributed by atoms with Crippen LogP contribution in [0.15, 0.2) is 78.9 Å². The number of nitrogens with one attached hydrogen (secondary N) is 2. The van der Waals surface area contributed by atoms with Gasteiger partial charge in [0.1, 0.15) is 18.7 Å². The summed E-state index contributed by atoms with van der Waals surface area (Å²) in [7, 11) is 0. The summed E-state index contributed by atoms with van der Waals surface area (Å²) in [6, 6.07) is 23.9. The summed E-state index contributed by atoms with van der Waals surface area (Å²) in [4.78, 5) is 37.9. The fourth-order valence-corrected chi connectivity index (χ4v) is 4.77. The van der Waals surface area contributed by atoms with Crippen molar-refractivity contribution in [2.45, 2.75) is 38.3 Å². The molecule has 0 saturated heterocycles. The number of alkyl carbamates (subject to hydrolysis) is 1. The zero-order valence-corrected chi connectivity index (χ0v) is 21.2. The van der Waals surface area contributed by atoms with E-state index in [1.54, 1.807) is 0 Å². The van der Waals surface area contributed by atoms with E-state index in [1.165, 1.54) is 0 Å². The molecule has 0 radical (unpaired) electrons. The molecule has 1 aliphatic carbocycles. The first-order valence-corrected chi connectivity index (χ1v) is 12.5. The number of fused-ring (bicyclic) bond motifs is 3. The van der Waals surface area contributed by atoms with Gasteiger partial charge in [-0.3, -0.25) is 9.59 Å². The van der Waals surface area contributed by atoms with Gasteiger partial charge in [0.15, 0.2) is 0 Å². The average Bonchev–Trinajstić information content (AvgIpc) is 3.19. The van der Waals surface area contributed by atoms with Crippen molar-refractivity contribution in [3.8, 4) is 11.1 Å². The first-order chi connectivity index (χ1) is 17.3. The van der Waals surface area contributed by atoms with E-state index in [0.29, 0.717) is 6.42 Å². The molecule has 0 aliphatic heterocycles. The van der Waals surface area contributed by atoms with Gasteiger partial charge in [-0.25, -0.2) is 4.79 Å². The maximum Gasteiger partial charge on any atom is 0.407 e. The van der Waals surface area contributed by atoms with Gasteiger partial charge in [0.2, 0.25) is 11.0 Å². The second-order valence-electron chi connectivity index (χ2n) is 9.28. The highest BCUT2D eigenvalue weighted by atomic mass is 32.1. The molecule has 36 heavy (non-hydrogen) atoms. The summed E-state index contributed by atoms with van der Waals surface area (Å²) in [5.74, 6) is -0.758. The topological polar surface area (TPSA) is 84.5 Å². The van der Waals surface area contributed by atoms with Crippen LogP contribution < -0.4 is 10.6 Å². The van der Waals surface area contributed by atoms with E-state index in [-0.39, 0.29) is 18.4 Å². The van der Waals surface area contributed by atoms with Gasteiger partial charge >= 0.3 is 6.09 Å². The molecule has 186 valence electrons. The molecule has 0 bridgehead atoms. The summed E-state index contributed by atoms with van der Waals surface area (Å²) in [5, 5.41) is 4.98. The number of ether oxygens (including phenoxy) is 1. The van der Waals surface area contributed by atoms with Gasteiger partial charge in [-0.1, -0.05) is 92.7 Å². The fraction of sp³-hybridized carbons (Fsp3) is 0.276. The maximum atomic E-state index is 13.0. The van der Waals surface area contributed by atoms with E-state index >= 15 is 0 Å². The second-order valence-corrected chi connectivity index (χ2v) is 9.72. The number of hydrogen-bond acceptors (Lipinski definition) is 4. The molecule has 0 aromatic heterocycles. The van der Waals surface area contributed by atoms with Gasteiger partial charge in [-0.15, -0.1) is 12.6 Å². The van der Waals surface area contributed by atoms with Crippen molar-refractivity contribution < 1.29 is 19.1 Å². The minimum atomic E-state index is -0.869. The Morgan fingerprint density at radius 3 is 1.94 bits per heavy atom. The predicted octanol–water partition coefficient (Wildman–Crippen LogP) is 4.73. The van der Waals surface area contributed by atoms with Gasteiger partial charge in [0.05, 0.1) is 0 Å². The lowest BCUT2D eigenvalue weighted by Crippen LogP contribution is -2.53. The Morgan fingerprint density at radius 2 is 1.39 bits per heavy atom. The highest BCUT2D eigenvalue weighted by Gasteiger charge is 2.31. The maximum absolute atomic E-state index is 13.0. The Labute approximate surface area is 216 Å². The largest absolute Gasteiger partial charge is 0.449 e. The Bertz CT molecular complexity index is 1200. The van der Waals surface area contributed by atoms with Crippen LogP contribution in [0.4, 0.5) is 4.79 Å². The van der Waals surface area contributed by atoms with E-state index < -0.39 is 29.2 Å². The Balaban J connectivity index is 1.39. The van der Waals surface area contributed by atoms with Crippen LogP contribution in [0.3, 0.4) is 0 Å². The van der Waals surface area contributed by atoms with Crippen LogP contribution in [0.2, 0.25) is 0 Å². The third-order valence-electron chi connectivity index (χ3n) is 6.46. The molecular formula is C29H30N2O4S. The smallest absolute Gasteiger partial charge is 0.407 e. The molecule has 4 rings (SSSR count). The lowest BCUT2D eigenvalue weighted by molar-refractivity contribution is -0.127. The highest BCUT2D eigenvalue weighted by molar-refractivity contribution is 7.96. The zero-order valence-electron chi connectivity index (χ0n) is 20.3. The van der Waals surface area contributed by atoms with Gasteiger partial charge in [0.25, 0.3) is 0 Å². The van der Waals surface area contributed by atoms with Crippen LogP contribution >= 0.6 is 12.6 Å². The summed E-state index contributed by atoms with van der Waals surface area (Å²) < 4.78 is 5.61. The first-order valence-electron chi connectivity index (χ1n) is 12.0. The van der Waals surface area contributed by atoms with Crippen LogP contribution in [-0.4, -0.2) is 35.8 Å². The second kappa shape index (κ2) is 11.4. The highest BCUT2D eigenvalue weighted by Crippen LogP contribution is 2.44. The minimum Gasteiger partial charge on any atom is -0.449 e. The van der Waals surface area contributed by atoms with Crippen molar-refractivity contribution >= 4 is 29.7 Å². The molecule has 1 aliphatic rings. The van der Waals surface area contributed by atoms with Crippen LogP contribution in [0.5, 0.6) is 0 Å². The van der Waals surface area contributed by atoms with Crippen molar-refractivity contribution in [1.29, 1.82) is 0 Å². The number of rotatable bonds is 9. The third kappa shape index (κ3) is 5.79. The molecule has 7 heteroatoms. The normalized spacial score (nSPS) is 13.9. The van der Waals surface area contributed by atoms with Crippen LogP contribution in [-0.2, 0) is 20.7 Å². The standard InChI is InChI=1S/C29H30N2O4S/c1-18(2)26(27(32)30-25(28(33)36)16-19-10-4-3-5-11-19)31-29(34)35-17-24-22-14-8-6-12-20(22)21-13-7-9-15-23(21)24/h3-15,18,24-26H,16-17H2,1-2H3,(H,30,32)(H,31,34)(H,33,36)/t25-,26?/m0/s1.